The third-order valence-electron chi connectivity index (χ3n) is 3.73. The van der Waals surface area contributed by atoms with E-state index in [0.717, 1.165) is 29.8 Å². The summed E-state index contributed by atoms with van der Waals surface area (Å²) in [7, 11) is 0. The zero-order chi connectivity index (χ0) is 14.6. The van der Waals surface area contributed by atoms with Crippen LogP contribution in [0.15, 0.2) is 6.07 Å². The Bertz CT molecular complexity index is 466. The van der Waals surface area contributed by atoms with Gasteiger partial charge in [-0.1, -0.05) is 13.0 Å². The predicted octanol–water partition coefficient (Wildman–Crippen LogP) is 2.63. The predicted molar refractivity (Wildman–Crippen MR) is 78.7 cm³/mol. The van der Waals surface area contributed by atoms with Crippen molar-refractivity contribution >= 4 is 5.78 Å². The first-order valence-electron chi connectivity index (χ1n) is 6.86. The SMILES string of the molecule is CCN(CCO)Cc1c(C)cc(C)c(C(C)=O)c1C. The van der Waals surface area contributed by atoms with Crippen molar-refractivity contribution in [1.82, 2.24) is 4.90 Å². The zero-order valence-corrected chi connectivity index (χ0v) is 12.7. The number of carbonyl (C=O) groups excluding carboxylic acids is 1. The van der Waals surface area contributed by atoms with Crippen molar-refractivity contribution in [2.45, 2.75) is 41.2 Å². The summed E-state index contributed by atoms with van der Waals surface area (Å²) in [6.07, 6.45) is 0. The molecule has 0 radical (unpaired) electrons. The monoisotopic (exact) mass is 263 g/mol. The highest BCUT2D eigenvalue weighted by molar-refractivity contribution is 5.97. The van der Waals surface area contributed by atoms with Gasteiger partial charge in [0, 0.05) is 18.7 Å². The lowest BCUT2D eigenvalue weighted by Crippen LogP contribution is -2.27. The number of rotatable bonds is 6. The molecule has 3 heteroatoms. The van der Waals surface area contributed by atoms with Gasteiger partial charge in [0.25, 0.3) is 0 Å². The largest absolute Gasteiger partial charge is 0.395 e. The number of benzene rings is 1. The quantitative estimate of drug-likeness (QED) is 0.802. The van der Waals surface area contributed by atoms with E-state index in [1.165, 1.54) is 11.1 Å². The first-order valence-corrected chi connectivity index (χ1v) is 6.86. The van der Waals surface area contributed by atoms with Gasteiger partial charge in [-0.2, -0.15) is 0 Å². The molecule has 0 unspecified atom stereocenters. The lowest BCUT2D eigenvalue weighted by Gasteiger charge is -2.23. The molecule has 19 heavy (non-hydrogen) atoms. The molecule has 0 atom stereocenters. The van der Waals surface area contributed by atoms with E-state index in [2.05, 4.69) is 24.8 Å². The van der Waals surface area contributed by atoms with Crippen molar-refractivity contribution in [1.29, 1.82) is 0 Å². The highest BCUT2D eigenvalue weighted by Gasteiger charge is 2.15. The highest BCUT2D eigenvalue weighted by Crippen LogP contribution is 2.24. The Morgan fingerprint density at radius 3 is 2.37 bits per heavy atom. The van der Waals surface area contributed by atoms with Gasteiger partial charge in [-0.3, -0.25) is 9.69 Å². The number of ketones is 1. The van der Waals surface area contributed by atoms with E-state index in [0.29, 0.717) is 6.54 Å². The molecule has 0 aliphatic carbocycles. The van der Waals surface area contributed by atoms with Gasteiger partial charge < -0.3 is 5.11 Å². The van der Waals surface area contributed by atoms with Crippen LogP contribution in [0.3, 0.4) is 0 Å². The normalized spacial score (nSPS) is 11.1. The molecule has 0 fully saturated rings. The summed E-state index contributed by atoms with van der Waals surface area (Å²) in [5.74, 6) is 0.126. The number of aliphatic hydroxyl groups excluding tert-OH is 1. The summed E-state index contributed by atoms with van der Waals surface area (Å²) >= 11 is 0. The maximum absolute atomic E-state index is 11.8. The van der Waals surface area contributed by atoms with Crippen LogP contribution in [0.4, 0.5) is 0 Å². The van der Waals surface area contributed by atoms with Crippen LogP contribution in [-0.2, 0) is 6.54 Å². The summed E-state index contributed by atoms with van der Waals surface area (Å²) < 4.78 is 0. The Kier molecular flexibility index (Phi) is 5.70. The average Bonchev–Trinajstić information content (AvgIpc) is 2.32. The number of Topliss-reactive ketones (excluding diaryl/α,β-unsaturated/α-hetero) is 1. The van der Waals surface area contributed by atoms with E-state index in [-0.39, 0.29) is 12.4 Å². The molecule has 0 spiro atoms. The molecule has 0 aromatic heterocycles. The van der Waals surface area contributed by atoms with Gasteiger partial charge in [0.05, 0.1) is 6.61 Å². The molecule has 0 saturated heterocycles. The van der Waals surface area contributed by atoms with Gasteiger partial charge in [0.15, 0.2) is 5.78 Å². The van der Waals surface area contributed by atoms with Crippen LogP contribution < -0.4 is 0 Å². The molecular weight excluding hydrogens is 238 g/mol. The van der Waals surface area contributed by atoms with Gasteiger partial charge in [-0.05, 0) is 56.5 Å². The fraction of sp³-hybridized carbons (Fsp3) is 0.562. The van der Waals surface area contributed by atoms with Crippen molar-refractivity contribution in [2.75, 3.05) is 19.7 Å². The summed E-state index contributed by atoms with van der Waals surface area (Å²) in [4.78, 5) is 14.0. The van der Waals surface area contributed by atoms with E-state index in [9.17, 15) is 4.79 Å². The van der Waals surface area contributed by atoms with Gasteiger partial charge >= 0.3 is 0 Å². The summed E-state index contributed by atoms with van der Waals surface area (Å²) in [6.45, 7) is 12.3. The average molecular weight is 263 g/mol. The molecule has 1 aromatic rings. The Hall–Kier alpha value is -1.19. The number of carbonyl (C=O) groups is 1. The summed E-state index contributed by atoms with van der Waals surface area (Å²) in [5.41, 5.74) is 5.42. The van der Waals surface area contributed by atoms with Crippen molar-refractivity contribution in [3.63, 3.8) is 0 Å². The molecule has 0 aliphatic rings. The smallest absolute Gasteiger partial charge is 0.160 e. The van der Waals surface area contributed by atoms with Gasteiger partial charge in [0.1, 0.15) is 0 Å². The maximum atomic E-state index is 11.8. The summed E-state index contributed by atoms with van der Waals surface area (Å²) in [6, 6.07) is 2.09. The highest BCUT2D eigenvalue weighted by atomic mass is 16.3. The van der Waals surface area contributed by atoms with E-state index in [4.69, 9.17) is 5.11 Å². The minimum Gasteiger partial charge on any atom is -0.395 e. The number of likely N-dealkylation sites (N-methyl/N-ethyl adjacent to an activating group) is 1. The van der Waals surface area contributed by atoms with Crippen LogP contribution in [0, 0.1) is 20.8 Å². The van der Waals surface area contributed by atoms with Crippen LogP contribution in [0.5, 0.6) is 0 Å². The van der Waals surface area contributed by atoms with Gasteiger partial charge in [-0.25, -0.2) is 0 Å². The molecule has 0 bridgehead atoms. The lowest BCUT2D eigenvalue weighted by atomic mass is 9.91. The Labute approximate surface area is 116 Å². The molecule has 0 heterocycles. The molecule has 0 saturated carbocycles. The number of aliphatic hydroxyl groups is 1. The molecule has 3 nitrogen and oxygen atoms in total. The van der Waals surface area contributed by atoms with Crippen LogP contribution in [0.1, 0.15) is 46.5 Å². The van der Waals surface area contributed by atoms with Crippen molar-refractivity contribution in [2.24, 2.45) is 0 Å². The maximum Gasteiger partial charge on any atom is 0.160 e. The third-order valence-corrected chi connectivity index (χ3v) is 3.73. The fourth-order valence-corrected chi connectivity index (χ4v) is 2.73. The second kappa shape index (κ2) is 6.83. The van der Waals surface area contributed by atoms with Crippen molar-refractivity contribution in [3.05, 3.63) is 33.9 Å². The van der Waals surface area contributed by atoms with Crippen LogP contribution in [0.25, 0.3) is 0 Å². The van der Waals surface area contributed by atoms with Gasteiger partial charge in [-0.15, -0.1) is 0 Å². The van der Waals surface area contributed by atoms with Crippen LogP contribution >= 0.6 is 0 Å². The second-order valence-corrected chi connectivity index (χ2v) is 5.14. The number of nitrogens with zero attached hydrogens (tertiary/aromatic N) is 1. The molecule has 1 N–H and O–H groups in total. The number of aryl methyl sites for hydroxylation is 2. The standard InChI is InChI=1S/C16H25NO2/c1-6-17(7-8-18)10-15-11(2)9-12(3)16(13(15)4)14(5)19/h9,18H,6-8,10H2,1-5H3. The van der Waals surface area contributed by atoms with Gasteiger partial charge in [0.2, 0.25) is 0 Å². The Morgan fingerprint density at radius 1 is 1.26 bits per heavy atom. The lowest BCUT2D eigenvalue weighted by molar-refractivity contribution is 0.101. The zero-order valence-electron chi connectivity index (χ0n) is 12.7. The van der Waals surface area contributed by atoms with Crippen LogP contribution in [0.2, 0.25) is 0 Å². The molecule has 0 amide bonds. The van der Waals surface area contributed by atoms with E-state index >= 15 is 0 Å². The Balaban J connectivity index is 3.20. The molecule has 1 rings (SSSR count). The molecule has 0 aliphatic heterocycles. The van der Waals surface area contributed by atoms with E-state index < -0.39 is 0 Å². The fourth-order valence-electron chi connectivity index (χ4n) is 2.73. The Morgan fingerprint density at radius 2 is 1.89 bits per heavy atom. The first kappa shape index (κ1) is 15.9. The molecule has 1 aromatic carbocycles. The summed E-state index contributed by atoms with van der Waals surface area (Å²) in [5, 5.41) is 9.08. The minimum absolute atomic E-state index is 0.126. The third kappa shape index (κ3) is 3.64. The van der Waals surface area contributed by atoms with E-state index in [1.807, 2.05) is 13.8 Å². The van der Waals surface area contributed by atoms with Crippen molar-refractivity contribution < 1.29 is 9.90 Å². The van der Waals surface area contributed by atoms with Crippen molar-refractivity contribution in [3.8, 4) is 0 Å². The number of hydrogen-bond acceptors (Lipinski definition) is 3. The minimum atomic E-state index is 0.126. The van der Waals surface area contributed by atoms with E-state index in [1.54, 1.807) is 6.92 Å². The van der Waals surface area contributed by atoms with Crippen LogP contribution in [-0.4, -0.2) is 35.5 Å². The first-order chi connectivity index (χ1) is 8.92. The topological polar surface area (TPSA) is 40.5 Å². The molecule has 106 valence electrons. The number of hydrogen-bond donors (Lipinski definition) is 1. The second-order valence-electron chi connectivity index (χ2n) is 5.14. The molecular formula is C16H25NO2.